The Morgan fingerprint density at radius 1 is 1.07 bits per heavy atom. The van der Waals surface area contributed by atoms with E-state index in [4.69, 9.17) is 13.7 Å². The molecule has 4 aromatic rings. The average molecular weight is 375 g/mol. The van der Waals surface area contributed by atoms with E-state index in [1.807, 2.05) is 42.5 Å². The number of carbonyl (C=O) groups excluding carboxylic acids is 1. The van der Waals surface area contributed by atoms with E-state index in [0.29, 0.717) is 28.7 Å². The Morgan fingerprint density at radius 2 is 1.89 bits per heavy atom. The largest absolute Gasteiger partial charge is 0.497 e. The van der Waals surface area contributed by atoms with Gasteiger partial charge in [-0.25, -0.2) is 0 Å². The summed E-state index contributed by atoms with van der Waals surface area (Å²) in [6.45, 7) is 0. The first kappa shape index (κ1) is 17.5. The number of rotatable bonds is 6. The number of nitrogens with zero attached hydrogens (tertiary/aromatic N) is 2. The van der Waals surface area contributed by atoms with Gasteiger partial charge in [-0.2, -0.15) is 4.98 Å². The third kappa shape index (κ3) is 3.78. The molecule has 1 N–H and O–H groups in total. The van der Waals surface area contributed by atoms with Gasteiger partial charge in [0.2, 0.25) is 11.7 Å². The maximum atomic E-state index is 12.5. The van der Waals surface area contributed by atoms with Gasteiger partial charge in [-0.15, -0.1) is 0 Å². The van der Waals surface area contributed by atoms with E-state index in [0.717, 1.165) is 11.3 Å². The number of anilines is 1. The quantitative estimate of drug-likeness (QED) is 0.543. The lowest BCUT2D eigenvalue weighted by Crippen LogP contribution is -2.15. The van der Waals surface area contributed by atoms with Crippen LogP contribution in [-0.4, -0.2) is 23.2 Å². The van der Waals surface area contributed by atoms with E-state index >= 15 is 0 Å². The van der Waals surface area contributed by atoms with Crippen molar-refractivity contribution in [3.8, 4) is 28.8 Å². The van der Waals surface area contributed by atoms with Crippen LogP contribution in [0.1, 0.15) is 5.56 Å². The van der Waals surface area contributed by atoms with Crippen molar-refractivity contribution in [1.29, 1.82) is 0 Å². The molecule has 0 bridgehead atoms. The van der Waals surface area contributed by atoms with Crippen molar-refractivity contribution in [2.45, 2.75) is 6.42 Å². The Kier molecular flexibility index (Phi) is 4.88. The molecule has 7 heteroatoms. The van der Waals surface area contributed by atoms with Crippen molar-refractivity contribution in [2.75, 3.05) is 12.4 Å². The maximum absolute atomic E-state index is 12.5. The molecule has 0 saturated heterocycles. The van der Waals surface area contributed by atoms with E-state index in [1.54, 1.807) is 31.6 Å². The SMILES string of the molecule is COc1ccc(CC(=O)Nc2ccccc2-c2nc(-c3ccco3)no2)cc1. The first-order valence-corrected chi connectivity index (χ1v) is 8.63. The fraction of sp³-hybridized carbons (Fsp3) is 0.0952. The molecule has 2 heterocycles. The first-order valence-electron chi connectivity index (χ1n) is 8.63. The fourth-order valence-corrected chi connectivity index (χ4v) is 2.74. The third-order valence-electron chi connectivity index (χ3n) is 4.12. The summed E-state index contributed by atoms with van der Waals surface area (Å²) in [5.41, 5.74) is 2.11. The van der Waals surface area contributed by atoms with Gasteiger partial charge >= 0.3 is 0 Å². The minimum Gasteiger partial charge on any atom is -0.497 e. The first-order chi connectivity index (χ1) is 13.7. The van der Waals surface area contributed by atoms with Crippen molar-refractivity contribution >= 4 is 11.6 Å². The highest BCUT2D eigenvalue weighted by Crippen LogP contribution is 2.28. The Balaban J connectivity index is 1.52. The predicted octanol–water partition coefficient (Wildman–Crippen LogP) is 4.19. The number of para-hydroxylation sites is 1. The van der Waals surface area contributed by atoms with E-state index in [2.05, 4.69) is 15.5 Å². The molecule has 0 aliphatic heterocycles. The topological polar surface area (TPSA) is 90.4 Å². The van der Waals surface area contributed by atoms with Gasteiger partial charge in [-0.1, -0.05) is 29.4 Å². The van der Waals surface area contributed by atoms with Gasteiger partial charge in [0.25, 0.3) is 5.89 Å². The number of methoxy groups -OCH3 is 1. The monoisotopic (exact) mass is 375 g/mol. The van der Waals surface area contributed by atoms with Crippen LogP contribution in [0.2, 0.25) is 0 Å². The molecule has 2 aromatic heterocycles. The second-order valence-corrected chi connectivity index (χ2v) is 6.02. The zero-order valence-corrected chi connectivity index (χ0v) is 15.1. The summed E-state index contributed by atoms with van der Waals surface area (Å²) in [6.07, 6.45) is 1.78. The molecule has 0 atom stereocenters. The molecule has 0 fully saturated rings. The highest BCUT2D eigenvalue weighted by Gasteiger charge is 2.16. The van der Waals surface area contributed by atoms with Gasteiger partial charge in [-0.05, 0) is 42.0 Å². The highest BCUT2D eigenvalue weighted by molar-refractivity contribution is 5.95. The Morgan fingerprint density at radius 3 is 2.64 bits per heavy atom. The van der Waals surface area contributed by atoms with E-state index in [9.17, 15) is 4.79 Å². The standard InChI is InChI=1S/C21H17N3O4/c1-26-15-10-8-14(9-11-15)13-19(25)22-17-6-3-2-5-16(17)21-23-20(24-28-21)18-7-4-12-27-18/h2-12H,13H2,1H3,(H,22,25). The summed E-state index contributed by atoms with van der Waals surface area (Å²) in [7, 11) is 1.60. The summed E-state index contributed by atoms with van der Waals surface area (Å²) in [5.74, 6) is 1.75. The summed E-state index contributed by atoms with van der Waals surface area (Å²) >= 11 is 0. The van der Waals surface area contributed by atoms with Crippen molar-refractivity contribution in [1.82, 2.24) is 10.1 Å². The van der Waals surface area contributed by atoms with Gasteiger partial charge in [0, 0.05) is 0 Å². The number of carbonyl (C=O) groups is 1. The molecule has 0 radical (unpaired) electrons. The zero-order chi connectivity index (χ0) is 19.3. The fourth-order valence-electron chi connectivity index (χ4n) is 2.74. The zero-order valence-electron chi connectivity index (χ0n) is 15.1. The molecule has 0 saturated carbocycles. The molecule has 1 amide bonds. The van der Waals surface area contributed by atoms with Crippen LogP contribution in [0.5, 0.6) is 5.75 Å². The van der Waals surface area contributed by atoms with Crippen LogP contribution >= 0.6 is 0 Å². The molecule has 140 valence electrons. The number of aromatic nitrogens is 2. The predicted molar refractivity (Wildman–Crippen MR) is 103 cm³/mol. The van der Waals surface area contributed by atoms with Crippen molar-refractivity contribution < 1.29 is 18.5 Å². The van der Waals surface area contributed by atoms with Gasteiger partial charge in [0.05, 0.1) is 31.0 Å². The number of nitrogens with one attached hydrogen (secondary N) is 1. The molecule has 28 heavy (non-hydrogen) atoms. The number of ether oxygens (including phenoxy) is 1. The van der Waals surface area contributed by atoms with Gasteiger partial charge < -0.3 is 19.0 Å². The molecule has 2 aromatic carbocycles. The van der Waals surface area contributed by atoms with Gasteiger partial charge in [0.1, 0.15) is 5.75 Å². The van der Waals surface area contributed by atoms with Gasteiger partial charge in [-0.3, -0.25) is 4.79 Å². The lowest BCUT2D eigenvalue weighted by atomic mass is 10.1. The summed E-state index contributed by atoms with van der Waals surface area (Å²) in [6, 6.07) is 18.1. The average Bonchev–Trinajstić information content (AvgIpc) is 3.41. The molecule has 0 aliphatic rings. The number of furan rings is 1. The van der Waals surface area contributed by atoms with Crippen molar-refractivity contribution in [2.24, 2.45) is 0 Å². The van der Waals surface area contributed by atoms with Crippen LogP contribution in [-0.2, 0) is 11.2 Å². The molecular formula is C21H17N3O4. The minimum atomic E-state index is -0.150. The molecule has 0 aliphatic carbocycles. The van der Waals surface area contributed by atoms with Crippen LogP contribution in [0.15, 0.2) is 75.9 Å². The smallest absolute Gasteiger partial charge is 0.260 e. The molecule has 7 nitrogen and oxygen atoms in total. The summed E-state index contributed by atoms with van der Waals surface area (Å²) < 4.78 is 15.8. The lowest BCUT2D eigenvalue weighted by molar-refractivity contribution is -0.115. The molecular weight excluding hydrogens is 358 g/mol. The van der Waals surface area contributed by atoms with Crippen molar-refractivity contribution in [3.63, 3.8) is 0 Å². The number of benzene rings is 2. The number of amides is 1. The van der Waals surface area contributed by atoms with Crippen molar-refractivity contribution in [3.05, 3.63) is 72.5 Å². The second-order valence-electron chi connectivity index (χ2n) is 6.02. The lowest BCUT2D eigenvalue weighted by Gasteiger charge is -2.09. The molecule has 0 unspecified atom stereocenters. The second kappa shape index (κ2) is 7.79. The van der Waals surface area contributed by atoms with E-state index in [-0.39, 0.29) is 12.3 Å². The summed E-state index contributed by atoms with van der Waals surface area (Å²) in [4.78, 5) is 16.8. The molecule has 0 spiro atoms. The number of hydrogen-bond donors (Lipinski definition) is 1. The van der Waals surface area contributed by atoms with Crippen LogP contribution < -0.4 is 10.1 Å². The third-order valence-corrected chi connectivity index (χ3v) is 4.12. The molecule has 4 rings (SSSR count). The summed E-state index contributed by atoms with van der Waals surface area (Å²) in [5, 5.41) is 6.84. The Hall–Kier alpha value is -3.87. The van der Waals surface area contributed by atoms with Gasteiger partial charge in [0.15, 0.2) is 5.76 Å². The highest BCUT2D eigenvalue weighted by atomic mass is 16.5. The Bertz CT molecular complexity index is 1070. The van der Waals surface area contributed by atoms with E-state index in [1.165, 1.54) is 0 Å². The van der Waals surface area contributed by atoms with E-state index < -0.39 is 0 Å². The van der Waals surface area contributed by atoms with Crippen LogP contribution in [0.3, 0.4) is 0 Å². The minimum absolute atomic E-state index is 0.150. The Labute approximate surface area is 161 Å². The maximum Gasteiger partial charge on any atom is 0.260 e. The normalized spacial score (nSPS) is 10.6. The number of hydrogen-bond acceptors (Lipinski definition) is 6. The van der Waals surface area contributed by atoms with Crippen LogP contribution in [0.4, 0.5) is 5.69 Å². The van der Waals surface area contributed by atoms with Crippen LogP contribution in [0.25, 0.3) is 23.0 Å². The van der Waals surface area contributed by atoms with Crippen LogP contribution in [0, 0.1) is 0 Å².